The second-order valence-corrected chi connectivity index (χ2v) is 8.14. The van der Waals surface area contributed by atoms with Crippen molar-refractivity contribution in [2.75, 3.05) is 44.2 Å². The van der Waals surface area contributed by atoms with Crippen LogP contribution in [0, 0.1) is 17.2 Å². The van der Waals surface area contributed by atoms with Crippen molar-refractivity contribution < 1.29 is 9.53 Å². The van der Waals surface area contributed by atoms with E-state index >= 15 is 0 Å². The number of piperazine rings is 1. The number of ether oxygens (including phenoxy) is 1. The highest BCUT2D eigenvalue weighted by Crippen LogP contribution is 2.30. The number of amides is 1. The Morgan fingerprint density at radius 2 is 1.90 bits per heavy atom. The molecule has 0 atom stereocenters. The van der Waals surface area contributed by atoms with Crippen molar-refractivity contribution in [2.24, 2.45) is 5.92 Å². The molecule has 2 aliphatic rings. The van der Waals surface area contributed by atoms with Gasteiger partial charge >= 0.3 is 0 Å². The maximum atomic E-state index is 11.6. The summed E-state index contributed by atoms with van der Waals surface area (Å²) in [6.07, 6.45) is 5.67. The summed E-state index contributed by atoms with van der Waals surface area (Å²) in [5.74, 6) is 1.62. The highest BCUT2D eigenvalue weighted by molar-refractivity contribution is 5.78. The largest absolute Gasteiger partial charge is 0.492 e. The molecule has 158 valence electrons. The van der Waals surface area contributed by atoms with Gasteiger partial charge in [0.25, 0.3) is 0 Å². The molecule has 2 fully saturated rings. The van der Waals surface area contributed by atoms with Crippen LogP contribution in [-0.4, -0.2) is 56.2 Å². The molecule has 0 bridgehead atoms. The fourth-order valence-electron chi connectivity index (χ4n) is 4.52. The Bertz CT molecular complexity index is 686. The highest BCUT2D eigenvalue weighted by Gasteiger charge is 2.24. The van der Waals surface area contributed by atoms with Gasteiger partial charge in [0.2, 0.25) is 5.91 Å². The van der Waals surface area contributed by atoms with Crippen LogP contribution in [0.15, 0.2) is 24.3 Å². The number of hydrogen-bond donors (Lipinski definition) is 1. The number of para-hydroxylation sites is 2. The van der Waals surface area contributed by atoms with E-state index in [1.54, 1.807) is 0 Å². The van der Waals surface area contributed by atoms with Crippen molar-refractivity contribution in [3.8, 4) is 11.8 Å². The first-order valence-corrected chi connectivity index (χ1v) is 11.0. The summed E-state index contributed by atoms with van der Waals surface area (Å²) in [5.41, 5.74) is 1.21. The Labute approximate surface area is 174 Å². The summed E-state index contributed by atoms with van der Waals surface area (Å²) in [5, 5.41) is 11.6. The number of nitrogens with zero attached hydrogens (tertiary/aromatic N) is 3. The second-order valence-electron chi connectivity index (χ2n) is 8.14. The Kier molecular flexibility index (Phi) is 8.18. The van der Waals surface area contributed by atoms with Crippen molar-refractivity contribution in [3.63, 3.8) is 0 Å². The fourth-order valence-corrected chi connectivity index (χ4v) is 4.52. The molecular formula is C23H34N4O2. The van der Waals surface area contributed by atoms with E-state index in [1.807, 2.05) is 19.1 Å². The molecule has 6 nitrogen and oxygen atoms in total. The standard InChI is InChI=1S/C23H34N4O2/c1-2-29-22-6-4-3-5-21(22)27-17-15-26(16-18-27)14-12-19-7-9-20(10-8-19)25-23(28)11-13-24/h3-6,19-20H,2,7-12,14-18H2,1H3,(H,25,28)/t19-,20-. The van der Waals surface area contributed by atoms with Crippen molar-refractivity contribution in [1.82, 2.24) is 10.2 Å². The van der Waals surface area contributed by atoms with Crippen LogP contribution < -0.4 is 15.0 Å². The molecule has 1 aromatic rings. The third kappa shape index (κ3) is 6.37. The minimum Gasteiger partial charge on any atom is -0.492 e. The average molecular weight is 399 g/mol. The van der Waals surface area contributed by atoms with E-state index < -0.39 is 0 Å². The molecular weight excluding hydrogens is 364 g/mol. The number of carbonyl (C=O) groups excluding carboxylic acids is 1. The molecule has 3 rings (SSSR count). The quantitative estimate of drug-likeness (QED) is 0.728. The lowest BCUT2D eigenvalue weighted by Gasteiger charge is -2.37. The number of nitriles is 1. The minimum atomic E-state index is -0.125. The Balaban J connectivity index is 1.36. The molecule has 29 heavy (non-hydrogen) atoms. The monoisotopic (exact) mass is 398 g/mol. The third-order valence-corrected chi connectivity index (χ3v) is 6.18. The van der Waals surface area contributed by atoms with Crippen LogP contribution in [0.1, 0.15) is 45.4 Å². The van der Waals surface area contributed by atoms with Crippen LogP contribution in [0.5, 0.6) is 5.75 Å². The maximum Gasteiger partial charge on any atom is 0.234 e. The molecule has 1 aliphatic carbocycles. The lowest BCUT2D eigenvalue weighted by Crippen LogP contribution is -2.47. The summed E-state index contributed by atoms with van der Waals surface area (Å²) >= 11 is 0. The lowest BCUT2D eigenvalue weighted by atomic mass is 9.84. The van der Waals surface area contributed by atoms with Crippen molar-refractivity contribution in [2.45, 2.75) is 51.5 Å². The third-order valence-electron chi connectivity index (χ3n) is 6.18. The maximum absolute atomic E-state index is 11.6. The van der Waals surface area contributed by atoms with Crippen LogP contribution in [0.2, 0.25) is 0 Å². The van der Waals surface area contributed by atoms with Gasteiger partial charge in [-0.15, -0.1) is 0 Å². The molecule has 0 spiro atoms. The molecule has 1 N–H and O–H groups in total. The van der Waals surface area contributed by atoms with Gasteiger partial charge in [0, 0.05) is 32.2 Å². The van der Waals surface area contributed by atoms with Gasteiger partial charge in [-0.2, -0.15) is 5.26 Å². The number of carbonyl (C=O) groups is 1. The zero-order valence-electron chi connectivity index (χ0n) is 17.6. The van der Waals surface area contributed by atoms with Gasteiger partial charge in [-0.25, -0.2) is 0 Å². The first-order valence-electron chi connectivity index (χ1n) is 11.0. The van der Waals surface area contributed by atoms with Gasteiger partial charge in [-0.1, -0.05) is 12.1 Å². The minimum absolute atomic E-state index is 0.0268. The normalized spacial score (nSPS) is 22.7. The van der Waals surface area contributed by atoms with Gasteiger partial charge in [-0.3, -0.25) is 9.69 Å². The molecule has 1 aliphatic heterocycles. The van der Waals surface area contributed by atoms with Crippen molar-refractivity contribution in [3.05, 3.63) is 24.3 Å². The average Bonchev–Trinajstić information content (AvgIpc) is 2.74. The van der Waals surface area contributed by atoms with Gasteiger partial charge in [0.15, 0.2) is 0 Å². The van der Waals surface area contributed by atoms with E-state index in [0.717, 1.165) is 57.2 Å². The number of hydrogen-bond acceptors (Lipinski definition) is 5. The molecule has 0 unspecified atom stereocenters. The Morgan fingerprint density at radius 3 is 2.59 bits per heavy atom. The van der Waals surface area contributed by atoms with Crippen LogP contribution in [0.4, 0.5) is 5.69 Å². The fraction of sp³-hybridized carbons (Fsp3) is 0.652. The molecule has 6 heteroatoms. The molecule has 1 aromatic carbocycles. The topological polar surface area (TPSA) is 68.6 Å². The van der Waals surface area contributed by atoms with Crippen LogP contribution in [0.25, 0.3) is 0 Å². The highest BCUT2D eigenvalue weighted by atomic mass is 16.5. The molecule has 1 saturated heterocycles. The summed E-state index contributed by atoms with van der Waals surface area (Å²) in [6, 6.07) is 10.5. The van der Waals surface area contributed by atoms with Gasteiger partial charge in [0.05, 0.1) is 18.4 Å². The first kappa shape index (κ1) is 21.4. The predicted octanol–water partition coefficient (Wildman–Crippen LogP) is 3.19. The second kappa shape index (κ2) is 11.1. The van der Waals surface area contributed by atoms with Crippen LogP contribution in [0.3, 0.4) is 0 Å². The Hall–Kier alpha value is -2.26. The van der Waals surface area contributed by atoms with Crippen molar-refractivity contribution in [1.29, 1.82) is 5.26 Å². The number of benzene rings is 1. The van der Waals surface area contributed by atoms with Gasteiger partial charge in [-0.05, 0) is 63.6 Å². The van der Waals surface area contributed by atoms with Crippen LogP contribution in [-0.2, 0) is 4.79 Å². The van der Waals surface area contributed by atoms with E-state index in [4.69, 9.17) is 10.00 Å². The summed E-state index contributed by atoms with van der Waals surface area (Å²) in [7, 11) is 0. The summed E-state index contributed by atoms with van der Waals surface area (Å²) in [4.78, 5) is 16.6. The zero-order valence-corrected chi connectivity index (χ0v) is 17.6. The van der Waals surface area contributed by atoms with Crippen molar-refractivity contribution >= 4 is 11.6 Å². The number of nitrogens with one attached hydrogen (secondary N) is 1. The van der Waals surface area contributed by atoms with E-state index in [2.05, 4.69) is 33.3 Å². The van der Waals surface area contributed by atoms with E-state index in [9.17, 15) is 4.79 Å². The smallest absolute Gasteiger partial charge is 0.234 e. The Morgan fingerprint density at radius 1 is 1.17 bits per heavy atom. The number of anilines is 1. The zero-order chi connectivity index (χ0) is 20.5. The molecule has 0 aromatic heterocycles. The van der Waals surface area contributed by atoms with Crippen LogP contribution >= 0.6 is 0 Å². The lowest BCUT2D eigenvalue weighted by molar-refractivity contribution is -0.121. The van der Waals surface area contributed by atoms with Gasteiger partial charge in [0.1, 0.15) is 12.2 Å². The molecule has 0 radical (unpaired) electrons. The molecule has 1 saturated carbocycles. The van der Waals surface area contributed by atoms with Gasteiger partial charge < -0.3 is 15.0 Å². The predicted molar refractivity (Wildman–Crippen MR) is 115 cm³/mol. The molecule has 1 heterocycles. The first-order chi connectivity index (χ1) is 14.2. The SMILES string of the molecule is CCOc1ccccc1N1CCN(CC[C@H]2CC[C@H](NC(=O)CC#N)CC2)CC1. The summed E-state index contributed by atoms with van der Waals surface area (Å²) in [6.45, 7) is 8.17. The molecule has 1 amide bonds. The van der Waals surface area contributed by atoms with E-state index in [-0.39, 0.29) is 18.4 Å². The van der Waals surface area contributed by atoms with E-state index in [0.29, 0.717) is 6.61 Å². The number of rotatable bonds is 8. The summed E-state index contributed by atoms with van der Waals surface area (Å²) < 4.78 is 5.79. The van der Waals surface area contributed by atoms with E-state index in [1.165, 1.54) is 24.9 Å².